The summed E-state index contributed by atoms with van der Waals surface area (Å²) in [6.45, 7) is 2.92. The molecule has 4 nitrogen and oxygen atoms in total. The van der Waals surface area contributed by atoms with Crippen LogP contribution < -0.4 is 11.1 Å². The number of carbonyl (C=O) groups is 1. The minimum absolute atomic E-state index is 0.0828. The van der Waals surface area contributed by atoms with Crippen LogP contribution in [0.3, 0.4) is 0 Å². The largest absolute Gasteiger partial charge is 0.381 e. The van der Waals surface area contributed by atoms with Gasteiger partial charge in [-0.05, 0) is 37.8 Å². The molecule has 3 N–H and O–H groups in total. The van der Waals surface area contributed by atoms with Gasteiger partial charge in [0, 0.05) is 23.8 Å². The first-order valence-electron chi connectivity index (χ1n) is 7.19. The molecule has 7 heteroatoms. The lowest BCUT2D eigenvalue weighted by Crippen LogP contribution is -2.47. The number of nitrogens with one attached hydrogen (secondary N) is 1. The topological polar surface area (TPSA) is 64.4 Å². The molecule has 1 saturated heterocycles. The lowest BCUT2D eigenvalue weighted by Gasteiger charge is -2.28. The van der Waals surface area contributed by atoms with Gasteiger partial charge in [-0.3, -0.25) is 4.79 Å². The van der Waals surface area contributed by atoms with Gasteiger partial charge < -0.3 is 15.8 Å². The van der Waals surface area contributed by atoms with E-state index in [2.05, 4.69) is 5.32 Å². The summed E-state index contributed by atoms with van der Waals surface area (Å²) in [5.41, 5.74) is 6.37. The first-order valence-corrected chi connectivity index (χ1v) is 7.94. The third-order valence-electron chi connectivity index (χ3n) is 3.95. The van der Waals surface area contributed by atoms with Gasteiger partial charge in [0.1, 0.15) is 5.82 Å². The highest BCUT2D eigenvalue weighted by Gasteiger charge is 2.28. The van der Waals surface area contributed by atoms with E-state index in [4.69, 9.17) is 33.7 Å². The molecule has 0 aromatic heterocycles. The van der Waals surface area contributed by atoms with E-state index in [1.807, 2.05) is 0 Å². The Bertz CT molecular complexity index is 551. The molecule has 0 spiro atoms. The molecule has 0 aliphatic carbocycles. The third kappa shape index (κ3) is 3.90. The van der Waals surface area contributed by atoms with Gasteiger partial charge in [-0.1, -0.05) is 23.2 Å². The smallest absolute Gasteiger partial charge is 0.237 e. The highest BCUT2D eigenvalue weighted by Crippen LogP contribution is 2.32. The van der Waals surface area contributed by atoms with Crippen LogP contribution >= 0.6 is 23.2 Å². The SMILES string of the molecule is C[C@H](NC(=O)[C@H](N)C1CCOCC1)c1c(Cl)ccc(F)c1Cl. The van der Waals surface area contributed by atoms with Crippen molar-refractivity contribution in [3.8, 4) is 0 Å². The van der Waals surface area contributed by atoms with E-state index in [-0.39, 0.29) is 16.8 Å². The zero-order valence-corrected chi connectivity index (χ0v) is 13.8. The highest BCUT2D eigenvalue weighted by molar-refractivity contribution is 6.36. The zero-order valence-electron chi connectivity index (χ0n) is 12.2. The second-order valence-electron chi connectivity index (χ2n) is 5.46. The average Bonchev–Trinajstić information content (AvgIpc) is 2.51. The summed E-state index contributed by atoms with van der Waals surface area (Å²) in [5.74, 6) is -0.786. The van der Waals surface area contributed by atoms with Crippen molar-refractivity contribution >= 4 is 29.1 Å². The molecule has 1 aliphatic rings. The van der Waals surface area contributed by atoms with Crippen LogP contribution in [0.25, 0.3) is 0 Å². The van der Waals surface area contributed by atoms with Gasteiger partial charge in [0.05, 0.1) is 17.1 Å². The number of amides is 1. The predicted molar refractivity (Wildman–Crippen MR) is 84.5 cm³/mol. The van der Waals surface area contributed by atoms with Gasteiger partial charge >= 0.3 is 0 Å². The maximum atomic E-state index is 13.6. The van der Waals surface area contributed by atoms with Crippen molar-refractivity contribution in [1.82, 2.24) is 5.32 Å². The summed E-state index contributed by atoms with van der Waals surface area (Å²) in [7, 11) is 0. The number of halogens is 3. The number of carbonyl (C=O) groups excluding carboxylic acids is 1. The van der Waals surface area contributed by atoms with Crippen LogP contribution in [-0.4, -0.2) is 25.2 Å². The average molecular weight is 349 g/mol. The monoisotopic (exact) mass is 348 g/mol. The van der Waals surface area contributed by atoms with E-state index in [1.54, 1.807) is 6.92 Å². The Morgan fingerprint density at radius 3 is 2.68 bits per heavy atom. The summed E-state index contributed by atoms with van der Waals surface area (Å²) in [4.78, 5) is 12.3. The number of rotatable bonds is 4. The maximum Gasteiger partial charge on any atom is 0.237 e. The first kappa shape index (κ1) is 17.5. The van der Waals surface area contributed by atoms with Crippen LogP contribution in [0.15, 0.2) is 12.1 Å². The molecule has 1 aromatic rings. The fourth-order valence-corrected chi connectivity index (χ4v) is 3.31. The molecule has 2 atom stereocenters. The fourth-order valence-electron chi connectivity index (χ4n) is 2.61. The highest BCUT2D eigenvalue weighted by atomic mass is 35.5. The molecule has 1 aromatic carbocycles. The summed E-state index contributed by atoms with van der Waals surface area (Å²) in [6.07, 6.45) is 1.51. The van der Waals surface area contributed by atoms with E-state index >= 15 is 0 Å². The number of hydrogen-bond acceptors (Lipinski definition) is 3. The van der Waals surface area contributed by atoms with Crippen molar-refractivity contribution in [3.05, 3.63) is 33.6 Å². The Kier molecular flexibility index (Phi) is 6.03. The normalized spacial score (nSPS) is 18.8. The Balaban J connectivity index is 2.06. The van der Waals surface area contributed by atoms with Crippen LogP contribution in [0, 0.1) is 11.7 Å². The molecule has 122 valence electrons. The first-order chi connectivity index (χ1) is 10.4. The maximum absolute atomic E-state index is 13.6. The Hall–Kier alpha value is -0.880. The van der Waals surface area contributed by atoms with Crippen molar-refractivity contribution in [2.75, 3.05) is 13.2 Å². The van der Waals surface area contributed by atoms with Crippen molar-refractivity contribution < 1.29 is 13.9 Å². The quantitative estimate of drug-likeness (QED) is 0.822. The van der Waals surface area contributed by atoms with E-state index in [0.29, 0.717) is 23.8 Å². The van der Waals surface area contributed by atoms with Crippen molar-refractivity contribution in [2.45, 2.75) is 31.8 Å². The predicted octanol–water partition coefficient (Wildman–Crippen LogP) is 3.06. The molecule has 1 aliphatic heterocycles. The summed E-state index contributed by atoms with van der Waals surface area (Å²) < 4.78 is 18.8. The molecule has 1 fully saturated rings. The van der Waals surface area contributed by atoms with Gasteiger partial charge in [-0.15, -0.1) is 0 Å². The minimum atomic E-state index is -0.627. The fraction of sp³-hybridized carbons (Fsp3) is 0.533. The molecule has 2 rings (SSSR count). The van der Waals surface area contributed by atoms with Crippen LogP contribution in [0.2, 0.25) is 10.0 Å². The Morgan fingerprint density at radius 2 is 2.05 bits per heavy atom. The van der Waals surface area contributed by atoms with Crippen molar-refractivity contribution in [1.29, 1.82) is 0 Å². The van der Waals surface area contributed by atoms with Crippen molar-refractivity contribution in [2.24, 2.45) is 11.7 Å². The number of nitrogens with two attached hydrogens (primary N) is 1. The second kappa shape index (κ2) is 7.59. The zero-order chi connectivity index (χ0) is 16.3. The third-order valence-corrected chi connectivity index (χ3v) is 4.66. The van der Waals surface area contributed by atoms with Crippen LogP contribution in [0.4, 0.5) is 4.39 Å². The van der Waals surface area contributed by atoms with Gasteiger partial charge in [0.2, 0.25) is 5.91 Å². The molecule has 22 heavy (non-hydrogen) atoms. The summed E-state index contributed by atoms with van der Waals surface area (Å²) >= 11 is 12.0. The Labute approximate surface area is 139 Å². The minimum Gasteiger partial charge on any atom is -0.381 e. The number of hydrogen-bond donors (Lipinski definition) is 2. The standard InChI is InChI=1S/C15H19Cl2FN2O2/c1-8(12-10(16)2-3-11(18)13(12)17)20-15(21)14(19)9-4-6-22-7-5-9/h2-3,8-9,14H,4-7,19H2,1H3,(H,20,21)/t8-,14+/m0/s1. The van der Waals surface area contributed by atoms with Gasteiger partial charge in [-0.2, -0.15) is 0 Å². The van der Waals surface area contributed by atoms with Crippen LogP contribution in [0.5, 0.6) is 0 Å². The molecule has 0 bridgehead atoms. The Morgan fingerprint density at radius 1 is 1.41 bits per heavy atom. The summed E-state index contributed by atoms with van der Waals surface area (Å²) in [5, 5.41) is 2.98. The van der Waals surface area contributed by atoms with E-state index in [0.717, 1.165) is 12.8 Å². The van der Waals surface area contributed by atoms with Crippen LogP contribution in [0.1, 0.15) is 31.4 Å². The lowest BCUT2D eigenvalue weighted by molar-refractivity contribution is -0.125. The molecular weight excluding hydrogens is 330 g/mol. The second-order valence-corrected chi connectivity index (χ2v) is 6.25. The van der Waals surface area contributed by atoms with E-state index in [9.17, 15) is 9.18 Å². The number of benzene rings is 1. The van der Waals surface area contributed by atoms with E-state index < -0.39 is 17.9 Å². The molecule has 1 heterocycles. The molecule has 1 amide bonds. The van der Waals surface area contributed by atoms with Gasteiger partial charge in [-0.25, -0.2) is 4.39 Å². The molecule has 0 radical (unpaired) electrons. The molecule has 0 unspecified atom stereocenters. The summed E-state index contributed by atoms with van der Waals surface area (Å²) in [6, 6.07) is 1.45. The lowest BCUT2D eigenvalue weighted by atomic mass is 9.91. The van der Waals surface area contributed by atoms with Gasteiger partial charge in [0.15, 0.2) is 0 Å². The van der Waals surface area contributed by atoms with Gasteiger partial charge in [0.25, 0.3) is 0 Å². The van der Waals surface area contributed by atoms with E-state index in [1.165, 1.54) is 12.1 Å². The van der Waals surface area contributed by atoms with Crippen LogP contribution in [-0.2, 0) is 9.53 Å². The molecular formula is C15H19Cl2FN2O2. The number of ether oxygens (including phenoxy) is 1. The van der Waals surface area contributed by atoms with Crippen molar-refractivity contribution in [3.63, 3.8) is 0 Å². The molecule has 0 saturated carbocycles.